The van der Waals surface area contributed by atoms with Gasteiger partial charge in [0.15, 0.2) is 5.79 Å². The summed E-state index contributed by atoms with van der Waals surface area (Å²) >= 11 is 0. The van der Waals surface area contributed by atoms with E-state index in [0.717, 1.165) is 39.4 Å². The van der Waals surface area contributed by atoms with Gasteiger partial charge in [-0.1, -0.05) is 0 Å². The summed E-state index contributed by atoms with van der Waals surface area (Å²) < 4.78 is 11.3. The Hall–Kier alpha value is -0.200. The Morgan fingerprint density at radius 3 is 2.50 bits per heavy atom. The van der Waals surface area contributed by atoms with Crippen molar-refractivity contribution in [3.05, 3.63) is 0 Å². The second kappa shape index (κ2) is 5.84. The van der Waals surface area contributed by atoms with E-state index in [9.17, 15) is 0 Å². The summed E-state index contributed by atoms with van der Waals surface area (Å²) in [5.74, 6) is -0.417. The van der Waals surface area contributed by atoms with Crippen LogP contribution in [0.5, 0.6) is 0 Å². The number of hydrogen-bond donors (Lipinski definition) is 1. The summed E-state index contributed by atoms with van der Waals surface area (Å²) in [6, 6.07) is 0.900. The molecule has 2 aliphatic rings. The molecule has 0 aliphatic carbocycles. The van der Waals surface area contributed by atoms with Gasteiger partial charge in [-0.2, -0.15) is 0 Å². The molecule has 1 unspecified atom stereocenters. The molecule has 0 bridgehead atoms. The molecule has 1 atom stereocenters. The Labute approximate surface area is 110 Å². The second-order valence-electron chi connectivity index (χ2n) is 6.02. The topological polar surface area (TPSA) is 37.0 Å². The summed E-state index contributed by atoms with van der Waals surface area (Å²) in [6.07, 6.45) is 0. The predicted octanol–water partition coefficient (Wildman–Crippen LogP) is -0.0267. The minimum Gasteiger partial charge on any atom is -0.349 e. The third-order valence-corrected chi connectivity index (χ3v) is 3.89. The minimum absolute atomic E-state index is 0.318. The van der Waals surface area contributed by atoms with Gasteiger partial charge >= 0.3 is 0 Å². The summed E-state index contributed by atoms with van der Waals surface area (Å²) in [7, 11) is 4.39. The van der Waals surface area contributed by atoms with Crippen molar-refractivity contribution in [2.75, 3.05) is 53.5 Å². The van der Waals surface area contributed by atoms with Crippen LogP contribution in [0.1, 0.15) is 13.8 Å². The molecule has 2 fully saturated rings. The number of piperazine rings is 1. The lowest BCUT2D eigenvalue weighted by atomic mass is 10.1. The van der Waals surface area contributed by atoms with Crippen molar-refractivity contribution in [1.29, 1.82) is 0 Å². The molecule has 2 saturated heterocycles. The van der Waals surface area contributed by atoms with Crippen LogP contribution in [0.2, 0.25) is 0 Å². The highest BCUT2D eigenvalue weighted by atomic mass is 16.7. The zero-order chi connectivity index (χ0) is 13.2. The Morgan fingerprint density at radius 1 is 1.17 bits per heavy atom. The fourth-order valence-electron chi connectivity index (χ4n) is 2.43. The average Bonchev–Trinajstić information content (AvgIpc) is 2.32. The van der Waals surface area contributed by atoms with Crippen LogP contribution in [0.25, 0.3) is 0 Å². The maximum absolute atomic E-state index is 5.66. The van der Waals surface area contributed by atoms with Gasteiger partial charge in [0.1, 0.15) is 0 Å². The molecule has 5 heteroatoms. The number of nitrogens with one attached hydrogen (secondary N) is 1. The maximum Gasteiger partial charge on any atom is 0.162 e. The van der Waals surface area contributed by atoms with Crippen LogP contribution in [-0.2, 0) is 9.47 Å². The molecule has 0 aromatic rings. The van der Waals surface area contributed by atoms with Crippen LogP contribution in [-0.4, -0.2) is 81.2 Å². The molecule has 0 saturated carbocycles. The van der Waals surface area contributed by atoms with Crippen molar-refractivity contribution >= 4 is 0 Å². The molecular weight excluding hydrogens is 230 g/mol. The first-order valence-electron chi connectivity index (χ1n) is 6.86. The quantitative estimate of drug-likeness (QED) is 0.769. The number of nitrogens with zero attached hydrogens (tertiary/aromatic N) is 2. The Bertz CT molecular complexity index is 263. The summed E-state index contributed by atoms with van der Waals surface area (Å²) in [5, 5.41) is 3.56. The van der Waals surface area contributed by atoms with Crippen LogP contribution in [0, 0.1) is 0 Å². The van der Waals surface area contributed by atoms with E-state index in [2.05, 4.69) is 29.2 Å². The highest BCUT2D eigenvalue weighted by Gasteiger charge is 2.29. The molecule has 0 amide bonds. The zero-order valence-corrected chi connectivity index (χ0v) is 12.1. The third-order valence-electron chi connectivity index (χ3n) is 3.89. The Kier molecular flexibility index (Phi) is 4.61. The van der Waals surface area contributed by atoms with Crippen LogP contribution in [0.4, 0.5) is 0 Å². The highest BCUT2D eigenvalue weighted by molar-refractivity contribution is 4.83. The van der Waals surface area contributed by atoms with Gasteiger partial charge in [0, 0.05) is 32.2 Å². The first kappa shape index (κ1) is 14.2. The number of hydrogen-bond acceptors (Lipinski definition) is 5. The van der Waals surface area contributed by atoms with E-state index >= 15 is 0 Å². The van der Waals surface area contributed by atoms with E-state index in [1.165, 1.54) is 0 Å². The van der Waals surface area contributed by atoms with Crippen molar-refractivity contribution in [3.8, 4) is 0 Å². The number of rotatable bonds is 3. The molecule has 2 heterocycles. The predicted molar refractivity (Wildman–Crippen MR) is 71.7 cm³/mol. The third kappa shape index (κ3) is 3.90. The summed E-state index contributed by atoms with van der Waals surface area (Å²) in [6.45, 7) is 9.84. The number of ether oxygens (including phenoxy) is 2. The fourth-order valence-corrected chi connectivity index (χ4v) is 2.43. The minimum atomic E-state index is -0.417. The first-order chi connectivity index (χ1) is 8.46. The van der Waals surface area contributed by atoms with Gasteiger partial charge in [0.25, 0.3) is 0 Å². The smallest absolute Gasteiger partial charge is 0.162 e. The molecule has 2 rings (SSSR count). The van der Waals surface area contributed by atoms with Gasteiger partial charge in [-0.15, -0.1) is 0 Å². The molecule has 0 spiro atoms. The van der Waals surface area contributed by atoms with Crippen molar-refractivity contribution in [2.45, 2.75) is 31.7 Å². The van der Waals surface area contributed by atoms with Gasteiger partial charge < -0.3 is 19.7 Å². The van der Waals surface area contributed by atoms with Crippen molar-refractivity contribution in [1.82, 2.24) is 15.1 Å². The first-order valence-corrected chi connectivity index (χ1v) is 6.86. The molecule has 0 aromatic heterocycles. The molecular formula is C13H27N3O2. The van der Waals surface area contributed by atoms with Crippen LogP contribution < -0.4 is 5.32 Å². The van der Waals surface area contributed by atoms with Gasteiger partial charge in [-0.25, -0.2) is 0 Å². The van der Waals surface area contributed by atoms with E-state index in [-0.39, 0.29) is 0 Å². The van der Waals surface area contributed by atoms with E-state index in [4.69, 9.17) is 9.47 Å². The second-order valence-corrected chi connectivity index (χ2v) is 6.02. The molecule has 0 radical (unpaired) electrons. The highest BCUT2D eigenvalue weighted by Crippen LogP contribution is 2.17. The van der Waals surface area contributed by atoms with E-state index in [1.54, 1.807) is 0 Å². The monoisotopic (exact) mass is 257 g/mol. The summed E-state index contributed by atoms with van der Waals surface area (Å²) in [5.41, 5.74) is 0. The fraction of sp³-hybridized carbons (Fsp3) is 1.00. The molecule has 0 aromatic carbocycles. The van der Waals surface area contributed by atoms with Gasteiger partial charge in [-0.05, 0) is 27.9 Å². The lowest BCUT2D eigenvalue weighted by Crippen LogP contribution is -2.57. The van der Waals surface area contributed by atoms with E-state index < -0.39 is 5.79 Å². The van der Waals surface area contributed by atoms with Crippen LogP contribution >= 0.6 is 0 Å². The largest absolute Gasteiger partial charge is 0.349 e. The maximum atomic E-state index is 5.66. The lowest BCUT2D eigenvalue weighted by Gasteiger charge is -2.40. The van der Waals surface area contributed by atoms with Crippen LogP contribution in [0.15, 0.2) is 0 Å². The van der Waals surface area contributed by atoms with E-state index in [0.29, 0.717) is 12.1 Å². The van der Waals surface area contributed by atoms with E-state index in [1.807, 2.05) is 13.8 Å². The summed E-state index contributed by atoms with van der Waals surface area (Å²) in [4.78, 5) is 4.82. The standard InChI is InChI=1S/C13H27N3O2/c1-13(2)17-9-11(10-18-13)14-7-12-8-15(3)5-6-16(12)4/h11-12,14H,5-10H2,1-4H3. The normalized spacial score (nSPS) is 31.7. The van der Waals surface area contributed by atoms with Gasteiger partial charge in [0.05, 0.1) is 19.3 Å². The lowest BCUT2D eigenvalue weighted by molar-refractivity contribution is -0.253. The molecule has 2 aliphatic heterocycles. The van der Waals surface area contributed by atoms with Crippen molar-refractivity contribution in [3.63, 3.8) is 0 Å². The Morgan fingerprint density at radius 2 is 1.83 bits per heavy atom. The zero-order valence-electron chi connectivity index (χ0n) is 12.1. The SMILES string of the molecule is CN1CCN(C)C(CNC2COC(C)(C)OC2)C1. The van der Waals surface area contributed by atoms with Gasteiger partial charge in [-0.3, -0.25) is 4.90 Å². The molecule has 5 nitrogen and oxygen atoms in total. The molecule has 18 heavy (non-hydrogen) atoms. The van der Waals surface area contributed by atoms with Gasteiger partial charge in [0.2, 0.25) is 0 Å². The molecule has 1 N–H and O–H groups in total. The average molecular weight is 257 g/mol. The molecule has 106 valence electrons. The van der Waals surface area contributed by atoms with Crippen molar-refractivity contribution < 1.29 is 9.47 Å². The van der Waals surface area contributed by atoms with Crippen LogP contribution in [0.3, 0.4) is 0 Å². The van der Waals surface area contributed by atoms with Crippen molar-refractivity contribution in [2.24, 2.45) is 0 Å². The number of likely N-dealkylation sites (N-methyl/N-ethyl adjacent to an activating group) is 2. The Balaban J connectivity index is 1.71.